The van der Waals surface area contributed by atoms with Gasteiger partial charge in [-0.3, -0.25) is 14.4 Å². The largest absolute Gasteiger partial charge is 0.397 e. The van der Waals surface area contributed by atoms with Gasteiger partial charge in [0.15, 0.2) is 5.78 Å². The molecule has 2 amide bonds. The molecule has 0 aliphatic heterocycles. The summed E-state index contributed by atoms with van der Waals surface area (Å²) in [4.78, 5) is 35.3. The number of Topliss-reactive ketones (excluding diaryl/α,β-unsaturated/α-hetero) is 1. The molecule has 152 valence electrons. The maximum Gasteiger partial charge on any atom is 0.240 e. The van der Waals surface area contributed by atoms with Gasteiger partial charge in [-0.25, -0.2) is 0 Å². The number of nitrogens with one attached hydrogen (secondary N) is 2. The van der Waals surface area contributed by atoms with Gasteiger partial charge in [-0.1, -0.05) is 30.3 Å². The fourth-order valence-electron chi connectivity index (χ4n) is 2.31. The summed E-state index contributed by atoms with van der Waals surface area (Å²) in [5.74, 6) is -1.20. The fourth-order valence-corrected chi connectivity index (χ4v) is 2.31. The third-order valence-corrected chi connectivity index (χ3v) is 3.70. The van der Waals surface area contributed by atoms with E-state index in [-0.39, 0.29) is 37.3 Å². The zero-order valence-electron chi connectivity index (χ0n) is 16.1. The average molecular weight is 380 g/mol. The van der Waals surface area contributed by atoms with Crippen LogP contribution in [0.15, 0.2) is 30.3 Å². The highest BCUT2D eigenvalue weighted by Crippen LogP contribution is 2.12. The molecule has 27 heavy (non-hydrogen) atoms. The Balaban J connectivity index is 0.00000210. The SMILES string of the molecule is CC(=O)C(CN)NC(=O)CNC(=O)C(CCN)Cc1ccccc1.CCO. The molecule has 0 fully saturated rings. The normalized spacial score (nSPS) is 12.2. The Kier molecular flexibility index (Phi) is 13.6. The van der Waals surface area contributed by atoms with Gasteiger partial charge < -0.3 is 27.2 Å². The number of aliphatic hydroxyl groups is 1. The maximum absolute atomic E-state index is 12.3. The van der Waals surface area contributed by atoms with Crippen molar-refractivity contribution in [1.29, 1.82) is 0 Å². The second-order valence-electron chi connectivity index (χ2n) is 5.96. The monoisotopic (exact) mass is 380 g/mol. The van der Waals surface area contributed by atoms with Crippen LogP contribution in [0.3, 0.4) is 0 Å². The first-order valence-electron chi connectivity index (χ1n) is 9.01. The van der Waals surface area contributed by atoms with E-state index < -0.39 is 11.9 Å². The summed E-state index contributed by atoms with van der Waals surface area (Å²) in [6.45, 7) is 3.50. The molecule has 0 saturated carbocycles. The van der Waals surface area contributed by atoms with Gasteiger partial charge in [0.05, 0.1) is 12.6 Å². The smallest absolute Gasteiger partial charge is 0.240 e. The molecule has 0 heterocycles. The number of benzene rings is 1. The van der Waals surface area contributed by atoms with Gasteiger partial charge in [-0.15, -0.1) is 0 Å². The molecule has 1 aromatic rings. The van der Waals surface area contributed by atoms with E-state index in [0.717, 1.165) is 5.56 Å². The second-order valence-corrected chi connectivity index (χ2v) is 5.96. The molecular weight excluding hydrogens is 348 g/mol. The molecule has 0 spiro atoms. The van der Waals surface area contributed by atoms with Crippen LogP contribution in [-0.4, -0.2) is 55.0 Å². The van der Waals surface area contributed by atoms with Crippen molar-refractivity contribution in [3.63, 3.8) is 0 Å². The van der Waals surface area contributed by atoms with Crippen molar-refractivity contribution >= 4 is 17.6 Å². The van der Waals surface area contributed by atoms with Crippen molar-refractivity contribution in [2.45, 2.75) is 32.7 Å². The third-order valence-electron chi connectivity index (χ3n) is 3.70. The van der Waals surface area contributed by atoms with E-state index in [1.54, 1.807) is 6.92 Å². The van der Waals surface area contributed by atoms with Gasteiger partial charge in [0, 0.05) is 19.1 Å². The van der Waals surface area contributed by atoms with E-state index in [9.17, 15) is 14.4 Å². The van der Waals surface area contributed by atoms with Crippen LogP contribution >= 0.6 is 0 Å². The third kappa shape index (κ3) is 11.1. The van der Waals surface area contributed by atoms with Crippen LogP contribution in [0.4, 0.5) is 0 Å². The van der Waals surface area contributed by atoms with E-state index in [0.29, 0.717) is 19.4 Å². The average Bonchev–Trinajstić information content (AvgIpc) is 2.65. The number of aliphatic hydroxyl groups excluding tert-OH is 1. The van der Waals surface area contributed by atoms with Crippen LogP contribution in [0, 0.1) is 5.92 Å². The zero-order valence-corrected chi connectivity index (χ0v) is 16.1. The first-order chi connectivity index (χ1) is 12.9. The van der Waals surface area contributed by atoms with Crippen molar-refractivity contribution in [1.82, 2.24) is 10.6 Å². The number of nitrogens with two attached hydrogens (primary N) is 2. The standard InChI is InChI=1S/C17H26N4O3.C2H6O/c1-12(22)15(10-19)21-16(23)11-20-17(24)14(7-8-18)9-13-5-3-2-4-6-13;1-2-3/h2-6,14-15H,7-11,18-19H2,1H3,(H,20,24)(H,21,23);3H,2H2,1H3. The lowest BCUT2D eigenvalue weighted by molar-refractivity contribution is -0.129. The summed E-state index contributed by atoms with van der Waals surface area (Å²) in [6.07, 6.45) is 1.09. The lowest BCUT2D eigenvalue weighted by atomic mass is 9.95. The number of ketones is 1. The molecule has 0 saturated heterocycles. The molecule has 0 bridgehead atoms. The lowest BCUT2D eigenvalue weighted by Gasteiger charge is -2.17. The number of hydrogen-bond donors (Lipinski definition) is 5. The van der Waals surface area contributed by atoms with Gasteiger partial charge in [0.25, 0.3) is 0 Å². The number of amides is 2. The summed E-state index contributed by atoms with van der Waals surface area (Å²) in [7, 11) is 0. The quantitative estimate of drug-likeness (QED) is 0.364. The minimum Gasteiger partial charge on any atom is -0.397 e. The summed E-state index contributed by atoms with van der Waals surface area (Å²) in [6, 6.07) is 8.90. The van der Waals surface area contributed by atoms with Gasteiger partial charge in [0.1, 0.15) is 0 Å². The van der Waals surface area contributed by atoms with Gasteiger partial charge in [0.2, 0.25) is 11.8 Å². The molecule has 2 unspecified atom stereocenters. The van der Waals surface area contributed by atoms with E-state index in [1.165, 1.54) is 6.92 Å². The van der Waals surface area contributed by atoms with Crippen LogP contribution in [0.5, 0.6) is 0 Å². The van der Waals surface area contributed by atoms with Crippen molar-refractivity contribution in [3.8, 4) is 0 Å². The molecule has 2 atom stereocenters. The van der Waals surface area contributed by atoms with Crippen molar-refractivity contribution < 1.29 is 19.5 Å². The highest BCUT2D eigenvalue weighted by Gasteiger charge is 2.20. The van der Waals surface area contributed by atoms with E-state index >= 15 is 0 Å². The molecule has 0 aliphatic carbocycles. The number of rotatable bonds is 10. The Labute approximate surface area is 160 Å². The highest BCUT2D eigenvalue weighted by atomic mass is 16.2. The summed E-state index contributed by atoms with van der Waals surface area (Å²) >= 11 is 0. The Bertz CT molecular complexity index is 566. The second kappa shape index (κ2) is 14.8. The molecule has 7 N–H and O–H groups in total. The van der Waals surface area contributed by atoms with Crippen molar-refractivity contribution in [2.75, 3.05) is 26.2 Å². The van der Waals surface area contributed by atoms with Crippen molar-refractivity contribution in [2.24, 2.45) is 17.4 Å². The summed E-state index contributed by atoms with van der Waals surface area (Å²) < 4.78 is 0. The van der Waals surface area contributed by atoms with Crippen LogP contribution in [0.2, 0.25) is 0 Å². The Hall–Kier alpha value is -2.29. The molecular formula is C19H32N4O4. The lowest BCUT2D eigenvalue weighted by Crippen LogP contribution is -2.49. The highest BCUT2D eigenvalue weighted by molar-refractivity contribution is 5.90. The zero-order chi connectivity index (χ0) is 20.7. The number of carbonyl (C=O) groups is 3. The molecule has 1 rings (SSSR count). The van der Waals surface area contributed by atoms with Crippen LogP contribution in [0.1, 0.15) is 25.8 Å². The molecule has 8 heteroatoms. The molecule has 0 radical (unpaired) electrons. The Morgan fingerprint density at radius 1 is 1.15 bits per heavy atom. The van der Waals surface area contributed by atoms with Gasteiger partial charge >= 0.3 is 0 Å². The molecule has 8 nitrogen and oxygen atoms in total. The minimum atomic E-state index is -0.724. The van der Waals surface area contributed by atoms with Gasteiger partial charge in [-0.2, -0.15) is 0 Å². The number of hydrogen-bond acceptors (Lipinski definition) is 6. The molecule has 0 aliphatic rings. The fraction of sp³-hybridized carbons (Fsp3) is 0.526. The van der Waals surface area contributed by atoms with Crippen molar-refractivity contribution in [3.05, 3.63) is 35.9 Å². The first kappa shape index (κ1) is 24.7. The predicted molar refractivity (Wildman–Crippen MR) is 105 cm³/mol. The Morgan fingerprint density at radius 3 is 2.22 bits per heavy atom. The van der Waals surface area contributed by atoms with Crippen LogP contribution < -0.4 is 22.1 Å². The first-order valence-corrected chi connectivity index (χ1v) is 9.01. The van der Waals surface area contributed by atoms with Gasteiger partial charge in [-0.05, 0) is 38.8 Å². The molecule has 1 aromatic carbocycles. The minimum absolute atomic E-state index is 0.0266. The van der Waals surface area contributed by atoms with E-state index in [1.807, 2.05) is 30.3 Å². The van der Waals surface area contributed by atoms with E-state index in [4.69, 9.17) is 16.6 Å². The molecule has 0 aromatic heterocycles. The summed E-state index contributed by atoms with van der Waals surface area (Å²) in [5, 5.41) is 12.7. The predicted octanol–water partition coefficient (Wildman–Crippen LogP) is -0.659. The topological polar surface area (TPSA) is 148 Å². The number of carbonyl (C=O) groups excluding carboxylic acids is 3. The summed E-state index contributed by atoms with van der Waals surface area (Å²) in [5.41, 5.74) is 12.0. The maximum atomic E-state index is 12.3. The van der Waals surface area contributed by atoms with Crippen LogP contribution in [-0.2, 0) is 20.8 Å². The van der Waals surface area contributed by atoms with E-state index in [2.05, 4.69) is 10.6 Å². The van der Waals surface area contributed by atoms with Crippen LogP contribution in [0.25, 0.3) is 0 Å². The Morgan fingerprint density at radius 2 is 1.74 bits per heavy atom.